The smallest absolute Gasteiger partial charge is 0.330 e. The Morgan fingerprint density at radius 1 is 0.460 bits per heavy atom. The molecular formula is C40H70O10. The molecule has 0 aliphatic rings. The van der Waals surface area contributed by atoms with Crippen molar-refractivity contribution in [2.45, 2.75) is 167 Å². The van der Waals surface area contributed by atoms with Crippen LogP contribution < -0.4 is 0 Å². The van der Waals surface area contributed by atoms with Gasteiger partial charge in [-0.15, -0.1) is 0 Å². The molecule has 0 radical (unpaired) electrons. The molecule has 0 aromatic carbocycles. The van der Waals surface area contributed by atoms with E-state index in [4.69, 9.17) is 28.4 Å². The highest BCUT2D eigenvalue weighted by molar-refractivity contribution is 5.81. The summed E-state index contributed by atoms with van der Waals surface area (Å²) in [4.78, 5) is 47.9. The largest absolute Gasteiger partial charge is 0.458 e. The molecule has 0 aliphatic carbocycles. The minimum absolute atomic E-state index is 0.0977. The second-order valence-corrected chi connectivity index (χ2v) is 12.9. The van der Waals surface area contributed by atoms with Gasteiger partial charge in [0.2, 0.25) is 0 Å². The van der Waals surface area contributed by atoms with Gasteiger partial charge in [-0.3, -0.25) is 9.59 Å². The summed E-state index contributed by atoms with van der Waals surface area (Å²) in [5.41, 5.74) is 0. The van der Waals surface area contributed by atoms with Crippen molar-refractivity contribution in [3.63, 3.8) is 0 Å². The molecule has 0 saturated heterocycles. The van der Waals surface area contributed by atoms with Crippen molar-refractivity contribution in [2.75, 3.05) is 39.6 Å². The van der Waals surface area contributed by atoms with E-state index in [1.807, 2.05) is 0 Å². The normalized spacial score (nSPS) is 12.1. The second-order valence-electron chi connectivity index (χ2n) is 12.9. The summed E-state index contributed by atoms with van der Waals surface area (Å²) in [6.07, 6.45) is 23.5. The number of ether oxygens (including phenoxy) is 6. The van der Waals surface area contributed by atoms with Crippen molar-refractivity contribution in [3.8, 4) is 0 Å². The molecule has 0 N–H and O–H groups in total. The van der Waals surface area contributed by atoms with Gasteiger partial charge in [0.15, 0.2) is 12.2 Å². The van der Waals surface area contributed by atoms with Crippen LogP contribution in [0.25, 0.3) is 0 Å². The van der Waals surface area contributed by atoms with Gasteiger partial charge >= 0.3 is 23.9 Å². The van der Waals surface area contributed by atoms with Crippen LogP contribution in [0.2, 0.25) is 0 Å². The van der Waals surface area contributed by atoms with E-state index in [0.29, 0.717) is 38.9 Å². The fraction of sp³-hybridized carbons (Fsp3) is 0.800. The highest BCUT2D eigenvalue weighted by Crippen LogP contribution is 2.13. The van der Waals surface area contributed by atoms with Crippen LogP contribution in [0.15, 0.2) is 25.3 Å². The number of hydrogen-bond donors (Lipinski definition) is 0. The van der Waals surface area contributed by atoms with Crippen molar-refractivity contribution in [2.24, 2.45) is 0 Å². The lowest BCUT2D eigenvalue weighted by Gasteiger charge is -2.18. The Balaban J connectivity index is 4.33. The topological polar surface area (TPSA) is 124 Å². The van der Waals surface area contributed by atoms with Crippen LogP contribution in [0.1, 0.15) is 155 Å². The molecular weight excluding hydrogens is 640 g/mol. The summed E-state index contributed by atoms with van der Waals surface area (Å²) in [7, 11) is 0. The monoisotopic (exact) mass is 710 g/mol. The van der Waals surface area contributed by atoms with E-state index >= 15 is 0 Å². The summed E-state index contributed by atoms with van der Waals surface area (Å²) in [6.45, 7) is 12.0. The third-order valence-electron chi connectivity index (χ3n) is 8.16. The summed E-state index contributed by atoms with van der Waals surface area (Å²) in [6, 6.07) is 0. The molecule has 0 amide bonds. The van der Waals surface area contributed by atoms with Gasteiger partial charge in [0, 0.05) is 38.2 Å². The first-order valence-corrected chi connectivity index (χ1v) is 19.5. The van der Waals surface area contributed by atoms with E-state index in [2.05, 4.69) is 27.0 Å². The lowest BCUT2D eigenvalue weighted by Crippen LogP contribution is -2.30. The average Bonchev–Trinajstić information content (AvgIpc) is 3.11. The highest BCUT2D eigenvalue weighted by atomic mass is 16.6. The van der Waals surface area contributed by atoms with Crippen molar-refractivity contribution >= 4 is 23.9 Å². The summed E-state index contributed by atoms with van der Waals surface area (Å²) < 4.78 is 32.7. The maximum Gasteiger partial charge on any atom is 0.330 e. The van der Waals surface area contributed by atoms with E-state index in [0.717, 1.165) is 50.7 Å². The Morgan fingerprint density at radius 2 is 0.780 bits per heavy atom. The predicted molar refractivity (Wildman–Crippen MR) is 197 cm³/mol. The lowest BCUT2D eigenvalue weighted by molar-refractivity contribution is -0.161. The fourth-order valence-electron chi connectivity index (χ4n) is 5.19. The van der Waals surface area contributed by atoms with Crippen LogP contribution in [0.5, 0.6) is 0 Å². The van der Waals surface area contributed by atoms with Gasteiger partial charge in [0.05, 0.1) is 13.2 Å². The van der Waals surface area contributed by atoms with E-state index in [9.17, 15) is 19.2 Å². The second kappa shape index (κ2) is 36.1. The molecule has 0 bridgehead atoms. The molecule has 0 rings (SSSR count). The molecule has 10 nitrogen and oxygen atoms in total. The molecule has 50 heavy (non-hydrogen) atoms. The standard InChI is InChI=1S/C40H70O10/c1-5-9-11-13-15-17-19-21-23-27-39(43)49-35(33-47-37(41)7-3)31-45-29-25-26-30-46-32-36(34-48-38(42)8-4)50-40(44)28-24-22-20-18-16-14-12-10-6-2/h7-8,35-36H,3-6,9-34H2,1-2H3. The van der Waals surface area contributed by atoms with Gasteiger partial charge in [-0.05, 0) is 25.7 Å². The minimum atomic E-state index is -0.703. The molecule has 290 valence electrons. The Kier molecular flexibility index (Phi) is 34.1. The Bertz CT molecular complexity index is 804. The lowest BCUT2D eigenvalue weighted by atomic mass is 10.1. The molecule has 0 fully saturated rings. The average molecular weight is 711 g/mol. The van der Waals surface area contributed by atoms with Crippen LogP contribution >= 0.6 is 0 Å². The quantitative estimate of drug-likeness (QED) is 0.0267. The molecule has 2 atom stereocenters. The first kappa shape index (κ1) is 47.3. The molecule has 0 heterocycles. The first-order valence-electron chi connectivity index (χ1n) is 19.5. The zero-order valence-corrected chi connectivity index (χ0v) is 31.6. The Hall–Kier alpha value is -2.72. The Labute approximate surface area is 303 Å². The van der Waals surface area contributed by atoms with Crippen molar-refractivity contribution in [3.05, 3.63) is 25.3 Å². The number of carbonyl (C=O) groups is 4. The van der Waals surface area contributed by atoms with E-state index < -0.39 is 24.1 Å². The molecule has 10 heteroatoms. The highest BCUT2D eigenvalue weighted by Gasteiger charge is 2.18. The third kappa shape index (κ3) is 32.5. The molecule has 0 aromatic heterocycles. The minimum Gasteiger partial charge on any atom is -0.458 e. The Morgan fingerprint density at radius 3 is 1.10 bits per heavy atom. The van der Waals surface area contributed by atoms with Crippen LogP contribution in [0.4, 0.5) is 0 Å². The number of esters is 4. The van der Waals surface area contributed by atoms with Crippen molar-refractivity contribution < 1.29 is 47.6 Å². The summed E-state index contributed by atoms with van der Waals surface area (Å²) >= 11 is 0. The molecule has 0 aliphatic heterocycles. The van der Waals surface area contributed by atoms with Gasteiger partial charge in [-0.25, -0.2) is 9.59 Å². The van der Waals surface area contributed by atoms with Gasteiger partial charge in [0.1, 0.15) is 13.2 Å². The molecule has 0 aromatic rings. The maximum atomic E-state index is 12.4. The van der Waals surface area contributed by atoms with Gasteiger partial charge in [-0.1, -0.05) is 130 Å². The molecule has 2 unspecified atom stereocenters. The van der Waals surface area contributed by atoms with Gasteiger partial charge < -0.3 is 28.4 Å². The zero-order valence-electron chi connectivity index (χ0n) is 31.6. The number of carbonyl (C=O) groups excluding carboxylic acids is 4. The van der Waals surface area contributed by atoms with Crippen LogP contribution in [-0.2, 0) is 47.6 Å². The van der Waals surface area contributed by atoms with Crippen LogP contribution in [0.3, 0.4) is 0 Å². The van der Waals surface area contributed by atoms with E-state index in [-0.39, 0.29) is 38.4 Å². The van der Waals surface area contributed by atoms with E-state index in [1.165, 1.54) is 77.0 Å². The van der Waals surface area contributed by atoms with Gasteiger partial charge in [-0.2, -0.15) is 0 Å². The molecule has 0 saturated carbocycles. The summed E-state index contributed by atoms with van der Waals surface area (Å²) in [5.74, 6) is -1.83. The van der Waals surface area contributed by atoms with Crippen LogP contribution in [0, 0.1) is 0 Å². The first-order chi connectivity index (χ1) is 24.4. The fourth-order valence-corrected chi connectivity index (χ4v) is 5.19. The zero-order chi connectivity index (χ0) is 36.9. The summed E-state index contributed by atoms with van der Waals surface area (Å²) in [5, 5.41) is 0. The van der Waals surface area contributed by atoms with E-state index in [1.54, 1.807) is 0 Å². The number of unbranched alkanes of at least 4 members (excludes halogenated alkanes) is 17. The molecule has 0 spiro atoms. The number of hydrogen-bond acceptors (Lipinski definition) is 10. The van der Waals surface area contributed by atoms with Gasteiger partial charge in [0.25, 0.3) is 0 Å². The maximum absolute atomic E-state index is 12.4. The predicted octanol–water partition coefficient (Wildman–Crippen LogP) is 8.92. The number of rotatable bonds is 37. The SMILES string of the molecule is C=CC(=O)OCC(COCCCCOCC(COC(=O)C=C)OC(=O)CCCCCCCCCCC)OC(=O)CCCCCCCCCCC. The van der Waals surface area contributed by atoms with Crippen molar-refractivity contribution in [1.82, 2.24) is 0 Å². The van der Waals surface area contributed by atoms with Crippen molar-refractivity contribution in [1.29, 1.82) is 0 Å². The van der Waals surface area contributed by atoms with Crippen LogP contribution in [-0.4, -0.2) is 75.7 Å². The third-order valence-corrected chi connectivity index (χ3v) is 8.16.